The minimum atomic E-state index is 0.0577. The highest BCUT2D eigenvalue weighted by Gasteiger charge is 2.38. The van der Waals surface area contributed by atoms with Crippen molar-refractivity contribution in [2.45, 2.75) is 65.0 Å². The maximum Gasteiger partial charge on any atom is 0.234 e. The van der Waals surface area contributed by atoms with Gasteiger partial charge in [0.1, 0.15) is 0 Å². The van der Waals surface area contributed by atoms with Gasteiger partial charge < -0.3 is 5.32 Å². The van der Waals surface area contributed by atoms with E-state index in [-0.39, 0.29) is 23.3 Å². The Morgan fingerprint density at radius 2 is 1.95 bits per heavy atom. The molecule has 21 heavy (non-hydrogen) atoms. The average Bonchev–Trinajstić information content (AvgIpc) is 3.20. The Bertz CT molecular complexity index is 417. The quantitative estimate of drug-likeness (QED) is 0.866. The summed E-state index contributed by atoms with van der Waals surface area (Å²) in [6.07, 6.45) is 5.34. The molecule has 0 aromatic rings. The topological polar surface area (TPSA) is 56.1 Å². The zero-order valence-corrected chi connectivity index (χ0v) is 13.9. The minimum Gasteiger partial charge on any atom is -0.352 e. The molecular formula is C17H29N3O. The van der Waals surface area contributed by atoms with E-state index in [1.54, 1.807) is 0 Å². The highest BCUT2D eigenvalue weighted by molar-refractivity contribution is 5.78. The Kier molecular flexibility index (Phi) is 4.93. The second-order valence-electron chi connectivity index (χ2n) is 7.94. The Hall–Kier alpha value is -1.08. The smallest absolute Gasteiger partial charge is 0.234 e. The van der Waals surface area contributed by atoms with Crippen molar-refractivity contribution in [1.82, 2.24) is 10.2 Å². The molecule has 2 aliphatic rings. The maximum absolute atomic E-state index is 12.0. The van der Waals surface area contributed by atoms with Crippen LogP contribution in [0.1, 0.15) is 52.9 Å². The first-order chi connectivity index (χ1) is 9.81. The van der Waals surface area contributed by atoms with E-state index in [1.165, 1.54) is 0 Å². The zero-order chi connectivity index (χ0) is 15.6. The molecule has 4 nitrogen and oxygen atoms in total. The third-order valence-electron chi connectivity index (χ3n) is 5.11. The molecule has 0 heterocycles. The van der Waals surface area contributed by atoms with E-state index in [0.717, 1.165) is 32.1 Å². The van der Waals surface area contributed by atoms with Gasteiger partial charge in [-0.3, -0.25) is 9.69 Å². The van der Waals surface area contributed by atoms with E-state index < -0.39 is 0 Å². The normalized spacial score (nSPS) is 30.0. The van der Waals surface area contributed by atoms with Crippen LogP contribution in [0.3, 0.4) is 0 Å². The molecule has 2 fully saturated rings. The van der Waals surface area contributed by atoms with Crippen LogP contribution in [0.5, 0.6) is 0 Å². The number of carbonyl (C=O) groups excluding carboxylic acids is 1. The van der Waals surface area contributed by atoms with E-state index in [0.29, 0.717) is 18.5 Å². The molecule has 3 unspecified atom stereocenters. The van der Waals surface area contributed by atoms with Crippen LogP contribution < -0.4 is 5.32 Å². The fraction of sp³-hybridized carbons (Fsp3) is 0.882. The summed E-state index contributed by atoms with van der Waals surface area (Å²) < 4.78 is 0. The first-order valence-electron chi connectivity index (χ1n) is 8.20. The van der Waals surface area contributed by atoms with E-state index in [1.807, 2.05) is 7.05 Å². The van der Waals surface area contributed by atoms with Crippen LogP contribution in [0.15, 0.2) is 0 Å². The van der Waals surface area contributed by atoms with Crippen molar-refractivity contribution in [3.63, 3.8) is 0 Å². The minimum absolute atomic E-state index is 0.0577. The van der Waals surface area contributed by atoms with Crippen molar-refractivity contribution in [3.05, 3.63) is 0 Å². The number of carbonyl (C=O) groups is 1. The Morgan fingerprint density at radius 3 is 2.48 bits per heavy atom. The summed E-state index contributed by atoms with van der Waals surface area (Å²) in [4.78, 5) is 14.1. The van der Waals surface area contributed by atoms with Gasteiger partial charge in [0.2, 0.25) is 5.91 Å². The van der Waals surface area contributed by atoms with Gasteiger partial charge in [0, 0.05) is 12.1 Å². The molecule has 0 saturated heterocycles. The molecule has 118 valence electrons. The Balaban J connectivity index is 1.95. The van der Waals surface area contributed by atoms with Gasteiger partial charge in [0.15, 0.2) is 0 Å². The molecular weight excluding hydrogens is 262 g/mol. The molecule has 0 aliphatic heterocycles. The lowest BCUT2D eigenvalue weighted by atomic mass is 9.68. The summed E-state index contributed by atoms with van der Waals surface area (Å²) in [5, 5.41) is 12.4. The van der Waals surface area contributed by atoms with Gasteiger partial charge in [-0.15, -0.1) is 0 Å². The number of nitriles is 1. The maximum atomic E-state index is 12.0. The number of nitrogens with zero attached hydrogens (tertiary/aromatic N) is 2. The molecule has 1 N–H and O–H groups in total. The van der Waals surface area contributed by atoms with Crippen LogP contribution in [0.25, 0.3) is 0 Å². The van der Waals surface area contributed by atoms with Gasteiger partial charge >= 0.3 is 0 Å². The van der Waals surface area contributed by atoms with Crippen molar-refractivity contribution < 1.29 is 4.79 Å². The largest absolute Gasteiger partial charge is 0.352 e. The van der Waals surface area contributed by atoms with Crippen LogP contribution >= 0.6 is 0 Å². The third kappa shape index (κ3) is 4.44. The monoisotopic (exact) mass is 291 g/mol. The summed E-state index contributed by atoms with van der Waals surface area (Å²) in [6, 6.07) is 3.07. The predicted molar refractivity (Wildman–Crippen MR) is 83.5 cm³/mol. The first kappa shape index (κ1) is 16.3. The van der Waals surface area contributed by atoms with Crippen molar-refractivity contribution in [2.24, 2.45) is 17.3 Å². The number of hydrogen-bond donors (Lipinski definition) is 1. The van der Waals surface area contributed by atoms with Gasteiger partial charge in [-0.2, -0.15) is 5.26 Å². The summed E-state index contributed by atoms with van der Waals surface area (Å²) in [5.74, 6) is 0.790. The summed E-state index contributed by atoms with van der Waals surface area (Å²) in [6.45, 7) is 7.25. The molecule has 0 bridgehead atoms. The van der Waals surface area contributed by atoms with Crippen LogP contribution in [0.4, 0.5) is 0 Å². The highest BCUT2D eigenvalue weighted by Crippen LogP contribution is 2.41. The van der Waals surface area contributed by atoms with Gasteiger partial charge in [0.05, 0.1) is 18.5 Å². The van der Waals surface area contributed by atoms with Crippen LogP contribution in [0, 0.1) is 28.6 Å². The third-order valence-corrected chi connectivity index (χ3v) is 5.11. The number of amides is 1. The lowest BCUT2D eigenvalue weighted by Gasteiger charge is -2.43. The van der Waals surface area contributed by atoms with E-state index in [2.05, 4.69) is 37.1 Å². The lowest BCUT2D eigenvalue weighted by Crippen LogP contribution is -2.48. The Labute approximate surface area is 128 Å². The van der Waals surface area contributed by atoms with Crippen molar-refractivity contribution in [3.8, 4) is 6.07 Å². The molecule has 0 spiro atoms. The SMILES string of the molecule is CN(CC(=O)NC1CC1)C1CC(C(C)(C)C)CCC1C#N. The van der Waals surface area contributed by atoms with Crippen molar-refractivity contribution in [1.29, 1.82) is 5.26 Å². The molecule has 3 atom stereocenters. The zero-order valence-electron chi connectivity index (χ0n) is 13.9. The fourth-order valence-corrected chi connectivity index (χ4v) is 3.42. The van der Waals surface area contributed by atoms with Gasteiger partial charge in [-0.25, -0.2) is 0 Å². The second-order valence-corrected chi connectivity index (χ2v) is 7.94. The number of likely N-dealkylation sites (N-methyl/N-ethyl adjacent to an activating group) is 1. The molecule has 2 saturated carbocycles. The molecule has 0 radical (unpaired) electrons. The molecule has 0 aromatic carbocycles. The first-order valence-corrected chi connectivity index (χ1v) is 8.20. The highest BCUT2D eigenvalue weighted by atomic mass is 16.2. The fourth-order valence-electron chi connectivity index (χ4n) is 3.42. The van der Waals surface area contributed by atoms with Crippen molar-refractivity contribution in [2.75, 3.05) is 13.6 Å². The number of hydrogen-bond acceptors (Lipinski definition) is 3. The number of nitrogens with one attached hydrogen (secondary N) is 1. The standard InChI is InChI=1S/C17H29N3O/c1-17(2,3)13-6-5-12(10-18)15(9-13)20(4)11-16(21)19-14-7-8-14/h12-15H,5-9,11H2,1-4H3,(H,19,21). The molecule has 2 rings (SSSR count). The predicted octanol–water partition coefficient (Wildman–Crippen LogP) is 2.55. The van der Waals surface area contributed by atoms with Crippen LogP contribution in [0.2, 0.25) is 0 Å². The van der Waals surface area contributed by atoms with Gasteiger partial charge in [-0.05, 0) is 50.5 Å². The van der Waals surface area contributed by atoms with Crippen LogP contribution in [-0.2, 0) is 4.79 Å². The summed E-state index contributed by atoms with van der Waals surface area (Å²) in [5.41, 5.74) is 0.274. The van der Waals surface area contributed by atoms with E-state index in [9.17, 15) is 10.1 Å². The van der Waals surface area contributed by atoms with E-state index in [4.69, 9.17) is 0 Å². The van der Waals surface area contributed by atoms with Crippen LogP contribution in [-0.4, -0.2) is 36.5 Å². The van der Waals surface area contributed by atoms with E-state index >= 15 is 0 Å². The molecule has 0 aromatic heterocycles. The second kappa shape index (κ2) is 6.36. The molecule has 2 aliphatic carbocycles. The summed E-state index contributed by atoms with van der Waals surface area (Å²) in [7, 11) is 1.99. The van der Waals surface area contributed by atoms with Gasteiger partial charge in [0.25, 0.3) is 0 Å². The molecule has 1 amide bonds. The van der Waals surface area contributed by atoms with Gasteiger partial charge in [-0.1, -0.05) is 20.8 Å². The molecule has 4 heteroatoms. The number of rotatable bonds is 4. The van der Waals surface area contributed by atoms with Crippen molar-refractivity contribution >= 4 is 5.91 Å². The summed E-state index contributed by atoms with van der Waals surface area (Å²) >= 11 is 0. The average molecular weight is 291 g/mol. The lowest BCUT2D eigenvalue weighted by molar-refractivity contribution is -0.123. The Morgan fingerprint density at radius 1 is 1.29 bits per heavy atom.